The SMILES string of the molecule is CCC[CH2][Sn]([CH2]C)([CH2]CCC)[O]C(C)=O. The van der Waals surface area contributed by atoms with E-state index in [0.29, 0.717) is 0 Å². The number of unbranched alkanes of at least 4 members (excludes halogenated alkanes) is 2. The average Bonchev–Trinajstić information content (AvgIpc) is 2.22. The van der Waals surface area contributed by atoms with Gasteiger partial charge in [0, 0.05) is 0 Å². The molecule has 0 rings (SSSR count). The molecule has 0 spiro atoms. The average molecular weight is 321 g/mol. The van der Waals surface area contributed by atoms with Crippen molar-refractivity contribution in [1.82, 2.24) is 0 Å². The molecule has 0 heterocycles. The summed E-state index contributed by atoms with van der Waals surface area (Å²) in [6.45, 7) is 8.20. The van der Waals surface area contributed by atoms with Crippen LogP contribution in [-0.2, 0) is 7.87 Å². The molecule has 0 aromatic carbocycles. The Hall–Kier alpha value is 0.269. The monoisotopic (exact) mass is 322 g/mol. The Balaban J connectivity index is 4.36. The molecule has 0 fully saturated rings. The van der Waals surface area contributed by atoms with Gasteiger partial charge in [-0.05, 0) is 0 Å². The molecular weight excluding hydrogens is 295 g/mol. The van der Waals surface area contributed by atoms with Gasteiger partial charge in [0.15, 0.2) is 0 Å². The summed E-state index contributed by atoms with van der Waals surface area (Å²) in [5.41, 5.74) is 0. The Morgan fingerprint density at radius 3 is 1.80 bits per heavy atom. The summed E-state index contributed by atoms with van der Waals surface area (Å²) in [6, 6.07) is 0. The van der Waals surface area contributed by atoms with E-state index in [1.54, 1.807) is 6.92 Å². The van der Waals surface area contributed by atoms with Crippen LogP contribution in [0.15, 0.2) is 0 Å². The second-order valence-electron chi connectivity index (χ2n) is 4.34. The minimum absolute atomic E-state index is 0.0418. The van der Waals surface area contributed by atoms with Crippen LogP contribution in [0.5, 0.6) is 0 Å². The molecule has 0 aliphatic heterocycles. The van der Waals surface area contributed by atoms with Gasteiger partial charge in [0.25, 0.3) is 0 Å². The summed E-state index contributed by atoms with van der Waals surface area (Å²) in [5, 5.41) is 0. The molecule has 0 saturated heterocycles. The number of hydrogen-bond acceptors (Lipinski definition) is 2. The molecule has 90 valence electrons. The zero-order chi connectivity index (χ0) is 11.7. The van der Waals surface area contributed by atoms with Gasteiger partial charge < -0.3 is 0 Å². The maximum absolute atomic E-state index is 11.2. The molecule has 0 saturated carbocycles. The van der Waals surface area contributed by atoms with E-state index in [2.05, 4.69) is 20.8 Å². The van der Waals surface area contributed by atoms with Crippen LogP contribution in [0, 0.1) is 0 Å². The van der Waals surface area contributed by atoms with E-state index >= 15 is 0 Å². The first-order chi connectivity index (χ1) is 7.10. The summed E-state index contributed by atoms with van der Waals surface area (Å²) in [4.78, 5) is 11.2. The molecule has 0 atom stereocenters. The molecule has 0 unspecified atom stereocenters. The predicted octanol–water partition coefficient (Wildman–Crippen LogP) is 4.12. The second kappa shape index (κ2) is 8.42. The molecule has 15 heavy (non-hydrogen) atoms. The van der Waals surface area contributed by atoms with Crippen LogP contribution in [0.3, 0.4) is 0 Å². The first kappa shape index (κ1) is 15.3. The van der Waals surface area contributed by atoms with Crippen molar-refractivity contribution in [2.24, 2.45) is 0 Å². The van der Waals surface area contributed by atoms with Crippen molar-refractivity contribution in [2.75, 3.05) is 0 Å². The van der Waals surface area contributed by atoms with Crippen molar-refractivity contribution in [2.45, 2.75) is 66.7 Å². The van der Waals surface area contributed by atoms with Crippen molar-refractivity contribution < 1.29 is 7.87 Å². The van der Waals surface area contributed by atoms with Gasteiger partial charge in [-0.2, -0.15) is 0 Å². The van der Waals surface area contributed by atoms with E-state index < -0.39 is 18.8 Å². The first-order valence-electron chi connectivity index (χ1n) is 6.29. The Kier molecular flexibility index (Phi) is 8.57. The van der Waals surface area contributed by atoms with Crippen LogP contribution in [0.1, 0.15) is 53.4 Å². The predicted molar refractivity (Wildman–Crippen MR) is 67.4 cm³/mol. The Bertz CT molecular complexity index is 172. The normalized spacial score (nSPS) is 11.5. The van der Waals surface area contributed by atoms with E-state index in [1.807, 2.05) is 0 Å². The topological polar surface area (TPSA) is 26.3 Å². The molecule has 0 aliphatic rings. The summed E-state index contributed by atoms with van der Waals surface area (Å²) >= 11 is -2.51. The van der Waals surface area contributed by atoms with Crippen LogP contribution in [0.25, 0.3) is 0 Å². The van der Waals surface area contributed by atoms with Gasteiger partial charge in [-0.3, -0.25) is 0 Å². The molecule has 0 amide bonds. The van der Waals surface area contributed by atoms with Gasteiger partial charge in [-0.25, -0.2) is 0 Å². The molecule has 0 N–H and O–H groups in total. The minimum atomic E-state index is -2.51. The fourth-order valence-electron chi connectivity index (χ4n) is 1.96. The third-order valence-corrected chi connectivity index (χ3v) is 15.9. The zero-order valence-corrected chi connectivity index (χ0v) is 13.6. The third kappa shape index (κ3) is 6.44. The van der Waals surface area contributed by atoms with Gasteiger partial charge in [0.2, 0.25) is 0 Å². The Morgan fingerprint density at radius 2 is 1.53 bits per heavy atom. The van der Waals surface area contributed by atoms with Gasteiger partial charge in [-0.15, -0.1) is 0 Å². The van der Waals surface area contributed by atoms with Crippen LogP contribution >= 0.6 is 0 Å². The Morgan fingerprint density at radius 1 is 1.07 bits per heavy atom. The third-order valence-electron chi connectivity index (χ3n) is 2.98. The zero-order valence-electron chi connectivity index (χ0n) is 10.8. The number of rotatable bonds is 8. The second-order valence-corrected chi connectivity index (χ2v) is 16.5. The van der Waals surface area contributed by atoms with E-state index in [4.69, 9.17) is 3.07 Å². The van der Waals surface area contributed by atoms with Crippen LogP contribution in [0.4, 0.5) is 0 Å². The number of carbonyl (C=O) groups is 1. The van der Waals surface area contributed by atoms with Crippen molar-refractivity contribution in [3.05, 3.63) is 0 Å². The molecule has 0 bridgehead atoms. The first-order valence-corrected chi connectivity index (χ1v) is 13.5. The van der Waals surface area contributed by atoms with E-state index in [0.717, 1.165) is 4.44 Å². The molecule has 0 radical (unpaired) electrons. The van der Waals surface area contributed by atoms with Gasteiger partial charge in [0.05, 0.1) is 0 Å². The number of hydrogen-bond donors (Lipinski definition) is 0. The van der Waals surface area contributed by atoms with Crippen LogP contribution in [0.2, 0.25) is 13.3 Å². The molecule has 3 heteroatoms. The van der Waals surface area contributed by atoms with E-state index in [-0.39, 0.29) is 5.97 Å². The fraction of sp³-hybridized carbons (Fsp3) is 0.917. The quantitative estimate of drug-likeness (QED) is 0.629. The summed E-state index contributed by atoms with van der Waals surface area (Å²) in [6.07, 6.45) is 4.90. The van der Waals surface area contributed by atoms with Crippen LogP contribution < -0.4 is 0 Å². The number of carbonyl (C=O) groups excluding carboxylic acids is 1. The van der Waals surface area contributed by atoms with Crippen LogP contribution in [-0.4, -0.2) is 24.8 Å². The van der Waals surface area contributed by atoms with E-state index in [1.165, 1.54) is 34.6 Å². The van der Waals surface area contributed by atoms with Gasteiger partial charge in [0.1, 0.15) is 0 Å². The van der Waals surface area contributed by atoms with E-state index in [9.17, 15) is 4.79 Å². The summed E-state index contributed by atoms with van der Waals surface area (Å²) in [7, 11) is 0. The van der Waals surface area contributed by atoms with Crippen molar-refractivity contribution in [1.29, 1.82) is 0 Å². The summed E-state index contributed by atoms with van der Waals surface area (Å²) in [5.74, 6) is -0.0418. The fourth-order valence-corrected chi connectivity index (χ4v) is 13.1. The molecule has 0 aliphatic carbocycles. The molecular formula is C12H26O2Sn. The van der Waals surface area contributed by atoms with Gasteiger partial charge in [-0.1, -0.05) is 0 Å². The Labute approximate surface area is 99.2 Å². The maximum atomic E-state index is 11.2. The molecule has 0 aromatic heterocycles. The van der Waals surface area contributed by atoms with Crippen molar-refractivity contribution in [3.63, 3.8) is 0 Å². The van der Waals surface area contributed by atoms with Crippen molar-refractivity contribution in [3.8, 4) is 0 Å². The summed E-state index contributed by atoms with van der Waals surface area (Å²) < 4.78 is 9.36. The standard InChI is InChI=1S/2C4H9.C2H4O2.C2H5.Sn/c2*1-3-4-2;1-2(3)4;1-2;/h2*1,3-4H2,2H3;1H3,(H,3,4);1H2,2H3;/q;;;;+1/p-1. The molecule has 2 nitrogen and oxygen atoms in total. The van der Waals surface area contributed by atoms with Crippen molar-refractivity contribution >= 4 is 24.8 Å². The van der Waals surface area contributed by atoms with Gasteiger partial charge >= 0.3 is 99.3 Å². The molecule has 0 aromatic rings.